The fraction of sp³-hybridized carbons (Fsp3) is 0.0667. The van der Waals surface area contributed by atoms with Gasteiger partial charge in [0, 0.05) is 5.39 Å². The molecule has 51 heavy (non-hydrogen) atoms. The summed E-state index contributed by atoms with van der Waals surface area (Å²) in [5.41, 5.74) is 6.28. The number of thioether (sulfide) groups is 1. The van der Waals surface area contributed by atoms with Crippen LogP contribution in [-0.2, 0) is 14.8 Å². The van der Waals surface area contributed by atoms with Crippen molar-refractivity contribution in [2.75, 3.05) is 4.72 Å². The Kier molecular flexibility index (Phi) is 8.72. The van der Waals surface area contributed by atoms with Crippen LogP contribution in [0.1, 0.15) is 38.8 Å². The summed E-state index contributed by atoms with van der Waals surface area (Å²) >= 11 is 1.74. The predicted octanol–water partition coefficient (Wildman–Crippen LogP) is 11.5. The minimum absolute atomic E-state index is 0.187. The molecular weight excluding hydrogens is 667 g/mol. The number of fused-ring (bicyclic) bond motifs is 2. The number of sulfonamides is 1. The lowest BCUT2D eigenvalue weighted by molar-refractivity contribution is 0.559. The lowest BCUT2D eigenvalue weighted by Crippen LogP contribution is -2.27. The highest BCUT2D eigenvalue weighted by atomic mass is 32.2. The van der Waals surface area contributed by atoms with Gasteiger partial charge in [-0.1, -0.05) is 157 Å². The van der Waals surface area contributed by atoms with Crippen molar-refractivity contribution in [2.45, 2.75) is 21.8 Å². The van der Waals surface area contributed by atoms with E-state index in [0.29, 0.717) is 22.4 Å². The van der Waals surface area contributed by atoms with E-state index in [1.165, 1.54) is 0 Å². The molecule has 0 amide bonds. The second-order valence-electron chi connectivity index (χ2n) is 12.6. The van der Waals surface area contributed by atoms with Crippen molar-refractivity contribution in [1.82, 2.24) is 0 Å². The van der Waals surface area contributed by atoms with E-state index in [2.05, 4.69) is 108 Å². The Labute approximate surface area is 302 Å². The topological polar surface area (TPSA) is 59.3 Å². The summed E-state index contributed by atoms with van der Waals surface area (Å²) in [5.74, 6) is 0.527. The van der Waals surface area contributed by atoms with Crippen LogP contribution in [0.2, 0.25) is 0 Å². The van der Waals surface area contributed by atoms with Crippen LogP contribution in [-0.4, -0.2) is 8.42 Å². The number of hydrogen-bond acceptors (Lipinski definition) is 4. The first kappa shape index (κ1) is 32.6. The SMILES string of the molecule is Cc1ccc(S(=O)(=O)Nc2c(C(SC(c3ccccc3)(c3ccccc3)c3ccccc3)c3ccc4ccccc4c3)oc3ccccc23)cc1. The Hall–Kier alpha value is -5.56. The van der Waals surface area contributed by atoms with Gasteiger partial charge in [0.15, 0.2) is 0 Å². The number of furan rings is 1. The minimum Gasteiger partial charge on any atom is -0.457 e. The molecule has 1 aromatic heterocycles. The first-order chi connectivity index (χ1) is 24.9. The molecule has 7 aromatic carbocycles. The number of nitrogens with one attached hydrogen (secondary N) is 1. The van der Waals surface area contributed by atoms with Crippen LogP contribution in [0.3, 0.4) is 0 Å². The van der Waals surface area contributed by atoms with Gasteiger partial charge in [-0.15, -0.1) is 11.8 Å². The number of para-hydroxylation sites is 1. The maximum absolute atomic E-state index is 14.1. The van der Waals surface area contributed by atoms with E-state index in [1.807, 2.05) is 73.7 Å². The zero-order chi connectivity index (χ0) is 34.8. The quantitative estimate of drug-likeness (QED) is 0.144. The van der Waals surface area contributed by atoms with Crippen molar-refractivity contribution >= 4 is 49.2 Å². The van der Waals surface area contributed by atoms with Gasteiger partial charge in [-0.2, -0.15) is 0 Å². The van der Waals surface area contributed by atoms with Gasteiger partial charge in [0.05, 0.1) is 20.6 Å². The molecule has 250 valence electrons. The molecule has 8 rings (SSSR count). The summed E-state index contributed by atoms with van der Waals surface area (Å²) < 4.78 is 37.4. The fourth-order valence-corrected chi connectivity index (χ4v) is 9.63. The van der Waals surface area contributed by atoms with Crippen LogP contribution in [0.15, 0.2) is 191 Å². The normalized spacial score (nSPS) is 12.6. The molecule has 6 heteroatoms. The van der Waals surface area contributed by atoms with Gasteiger partial charge in [0.1, 0.15) is 11.3 Å². The lowest BCUT2D eigenvalue weighted by atomic mass is 9.84. The fourth-order valence-electron chi connectivity index (χ4n) is 6.81. The minimum atomic E-state index is -3.98. The number of hydrogen-bond donors (Lipinski definition) is 1. The first-order valence-electron chi connectivity index (χ1n) is 16.9. The molecule has 0 aliphatic heterocycles. The molecule has 0 aliphatic rings. The molecule has 0 saturated carbocycles. The van der Waals surface area contributed by atoms with Gasteiger partial charge in [-0.25, -0.2) is 8.42 Å². The lowest BCUT2D eigenvalue weighted by Gasteiger charge is -2.38. The number of anilines is 1. The third kappa shape index (κ3) is 6.22. The van der Waals surface area contributed by atoms with Crippen molar-refractivity contribution in [3.8, 4) is 0 Å². The molecule has 0 spiro atoms. The second kappa shape index (κ2) is 13.6. The van der Waals surface area contributed by atoms with Crippen LogP contribution in [0, 0.1) is 6.92 Å². The van der Waals surface area contributed by atoms with Crippen molar-refractivity contribution in [2.24, 2.45) is 0 Å². The first-order valence-corrected chi connectivity index (χ1v) is 19.2. The largest absolute Gasteiger partial charge is 0.457 e. The molecule has 0 fully saturated rings. The van der Waals surface area contributed by atoms with Crippen LogP contribution in [0.5, 0.6) is 0 Å². The Morgan fingerprint density at radius 1 is 0.588 bits per heavy atom. The zero-order valence-corrected chi connectivity index (χ0v) is 29.6. The Morgan fingerprint density at radius 2 is 1.12 bits per heavy atom. The molecular formula is C45H35NO3S2. The number of aryl methyl sites for hydroxylation is 1. The van der Waals surface area contributed by atoms with E-state index in [1.54, 1.807) is 23.9 Å². The maximum Gasteiger partial charge on any atom is 0.262 e. The van der Waals surface area contributed by atoms with Gasteiger partial charge in [0.25, 0.3) is 10.0 Å². The average molecular weight is 702 g/mol. The molecule has 1 N–H and O–H groups in total. The highest BCUT2D eigenvalue weighted by molar-refractivity contribution is 8.01. The Morgan fingerprint density at radius 3 is 1.73 bits per heavy atom. The van der Waals surface area contributed by atoms with Gasteiger partial charge < -0.3 is 4.42 Å². The summed E-state index contributed by atoms with van der Waals surface area (Å²) in [5, 5.41) is 2.43. The Bertz CT molecular complexity index is 2450. The number of benzene rings is 7. The smallest absolute Gasteiger partial charge is 0.262 e. The summed E-state index contributed by atoms with van der Waals surface area (Å²) in [6.45, 7) is 1.94. The zero-order valence-electron chi connectivity index (χ0n) is 27.9. The van der Waals surface area contributed by atoms with Crippen molar-refractivity contribution in [3.05, 3.63) is 216 Å². The average Bonchev–Trinajstić information content (AvgIpc) is 3.53. The highest BCUT2D eigenvalue weighted by Crippen LogP contribution is 2.57. The predicted molar refractivity (Wildman–Crippen MR) is 211 cm³/mol. The summed E-state index contributed by atoms with van der Waals surface area (Å²) in [4.78, 5) is 0.187. The summed E-state index contributed by atoms with van der Waals surface area (Å²) in [7, 11) is -3.98. The van der Waals surface area contributed by atoms with Crippen LogP contribution in [0.25, 0.3) is 21.7 Å². The van der Waals surface area contributed by atoms with Crippen molar-refractivity contribution in [1.29, 1.82) is 0 Å². The molecule has 1 atom stereocenters. The molecule has 0 bridgehead atoms. The molecule has 0 saturated heterocycles. The standard InChI is InChI=1S/C45H35NO3S2/c1-32-25-29-39(30-26-32)51(47,48)46-42-40-23-13-14-24-41(40)49-43(42)44(35-28-27-33-15-11-12-16-34(33)31-35)50-45(36-17-5-2-6-18-36,37-19-7-3-8-20-37)38-21-9-4-10-22-38/h2-31,44,46H,1H3. The van der Waals surface area contributed by atoms with Gasteiger partial charge in [-0.05, 0) is 70.3 Å². The van der Waals surface area contributed by atoms with Gasteiger partial charge in [0.2, 0.25) is 0 Å². The van der Waals surface area contributed by atoms with E-state index >= 15 is 0 Å². The second-order valence-corrected chi connectivity index (χ2v) is 15.6. The maximum atomic E-state index is 14.1. The van der Waals surface area contributed by atoms with Gasteiger partial charge in [-0.3, -0.25) is 4.72 Å². The third-order valence-electron chi connectivity index (χ3n) is 9.34. The molecule has 1 heterocycles. The molecule has 0 radical (unpaired) electrons. The van der Waals surface area contributed by atoms with E-state index in [-0.39, 0.29) is 4.90 Å². The van der Waals surface area contributed by atoms with E-state index < -0.39 is 20.0 Å². The van der Waals surface area contributed by atoms with Crippen molar-refractivity contribution in [3.63, 3.8) is 0 Å². The van der Waals surface area contributed by atoms with Crippen LogP contribution >= 0.6 is 11.8 Å². The third-order valence-corrected chi connectivity index (χ3v) is 12.5. The molecule has 1 unspecified atom stereocenters. The summed E-state index contributed by atoms with van der Waals surface area (Å²) in [6.07, 6.45) is 0. The highest BCUT2D eigenvalue weighted by Gasteiger charge is 2.42. The summed E-state index contributed by atoms with van der Waals surface area (Å²) in [6, 6.07) is 60.8. The number of rotatable bonds is 10. The van der Waals surface area contributed by atoms with E-state index in [4.69, 9.17) is 4.42 Å². The molecule has 4 nitrogen and oxygen atoms in total. The van der Waals surface area contributed by atoms with Crippen molar-refractivity contribution < 1.29 is 12.8 Å². The monoisotopic (exact) mass is 701 g/mol. The molecule has 0 aliphatic carbocycles. The van der Waals surface area contributed by atoms with E-state index in [0.717, 1.165) is 38.6 Å². The van der Waals surface area contributed by atoms with E-state index in [9.17, 15) is 8.42 Å². The molecule has 8 aromatic rings. The van der Waals surface area contributed by atoms with Crippen LogP contribution < -0.4 is 4.72 Å². The van der Waals surface area contributed by atoms with Crippen LogP contribution in [0.4, 0.5) is 5.69 Å². The van der Waals surface area contributed by atoms with Gasteiger partial charge >= 0.3 is 0 Å². The Balaban J connectivity index is 1.41.